The van der Waals surface area contributed by atoms with Crippen molar-refractivity contribution in [3.8, 4) is 0 Å². The Balaban J connectivity index is 4.33. The molecule has 0 heterocycles. The van der Waals surface area contributed by atoms with Crippen LogP contribution in [0.2, 0.25) is 0 Å². The second-order valence-corrected chi connectivity index (χ2v) is 16.0. The molecule has 1 N–H and O–H groups in total. The van der Waals surface area contributed by atoms with Crippen molar-refractivity contribution in [3.05, 3.63) is 12.2 Å². The zero-order valence-corrected chi connectivity index (χ0v) is 34.8. The Bertz CT molecular complexity index is 869. The lowest BCUT2D eigenvalue weighted by atomic mass is 10.0. The maximum Gasteiger partial charge on any atom is 0.362 e. The van der Waals surface area contributed by atoms with Gasteiger partial charge < -0.3 is 23.8 Å². The number of allylic oxidation sites excluding steroid dienone is 2. The first kappa shape index (κ1) is 50.1. The molecule has 0 aromatic heterocycles. The van der Waals surface area contributed by atoms with Crippen molar-refractivity contribution in [2.24, 2.45) is 0 Å². The highest BCUT2D eigenvalue weighted by Crippen LogP contribution is 2.15. The van der Waals surface area contributed by atoms with Gasteiger partial charge in [0, 0.05) is 19.3 Å². The lowest BCUT2D eigenvalue weighted by molar-refractivity contribution is -0.887. The van der Waals surface area contributed by atoms with Gasteiger partial charge in [0.05, 0.1) is 34.4 Å². The average molecular weight is 739 g/mol. The van der Waals surface area contributed by atoms with Crippen molar-refractivity contribution in [1.29, 1.82) is 0 Å². The number of esters is 2. The van der Waals surface area contributed by atoms with E-state index in [1.54, 1.807) is 0 Å². The second-order valence-electron chi connectivity index (χ2n) is 16.0. The monoisotopic (exact) mass is 739 g/mol. The maximum absolute atomic E-state index is 12.7. The highest BCUT2D eigenvalue weighted by Gasteiger charge is 2.31. The predicted octanol–water partition coefficient (Wildman–Crippen LogP) is 11.5. The van der Waals surface area contributed by atoms with E-state index in [0.29, 0.717) is 19.3 Å². The lowest BCUT2D eigenvalue weighted by Crippen LogP contribution is -2.50. The first-order chi connectivity index (χ1) is 25.1. The average Bonchev–Trinajstić information content (AvgIpc) is 3.09. The van der Waals surface area contributed by atoms with Gasteiger partial charge in [-0.3, -0.25) is 9.59 Å². The van der Waals surface area contributed by atoms with Crippen LogP contribution in [0.4, 0.5) is 0 Å². The van der Waals surface area contributed by atoms with Gasteiger partial charge in [0.2, 0.25) is 0 Å². The number of carboxylic acids is 1. The summed E-state index contributed by atoms with van der Waals surface area (Å²) in [5.41, 5.74) is 0. The van der Waals surface area contributed by atoms with Gasteiger partial charge in [-0.2, -0.15) is 0 Å². The molecule has 52 heavy (non-hydrogen) atoms. The van der Waals surface area contributed by atoms with Gasteiger partial charge >= 0.3 is 17.9 Å². The predicted molar refractivity (Wildman–Crippen MR) is 215 cm³/mol. The summed E-state index contributed by atoms with van der Waals surface area (Å²) in [6.45, 7) is 4.74. The summed E-state index contributed by atoms with van der Waals surface area (Å²) in [6.07, 6.45) is 36.7. The van der Waals surface area contributed by atoms with Crippen LogP contribution in [0.15, 0.2) is 12.2 Å². The molecule has 0 radical (unpaired) electrons. The topological polar surface area (TPSA) is 99.1 Å². The van der Waals surface area contributed by atoms with Crippen LogP contribution in [0.1, 0.15) is 200 Å². The summed E-state index contributed by atoms with van der Waals surface area (Å²) in [4.78, 5) is 36.9. The molecule has 0 fully saturated rings. The molecule has 2 atom stereocenters. The van der Waals surface area contributed by atoms with E-state index in [2.05, 4.69) is 26.0 Å². The fourth-order valence-electron chi connectivity index (χ4n) is 6.50. The number of hydrogen-bond acceptors (Lipinski definition) is 6. The van der Waals surface area contributed by atoms with Crippen LogP contribution in [0, 0.1) is 0 Å². The molecule has 0 aliphatic carbocycles. The molecule has 0 aromatic carbocycles. The largest absolute Gasteiger partial charge is 0.477 e. The van der Waals surface area contributed by atoms with E-state index in [1.165, 1.54) is 122 Å². The Labute approximate surface area is 320 Å². The Kier molecular flexibility index (Phi) is 34.7. The minimum Gasteiger partial charge on any atom is -0.477 e. The van der Waals surface area contributed by atoms with E-state index >= 15 is 0 Å². The van der Waals surface area contributed by atoms with Crippen molar-refractivity contribution in [1.82, 2.24) is 0 Å². The molecule has 8 heteroatoms. The van der Waals surface area contributed by atoms with Gasteiger partial charge in [0.15, 0.2) is 12.1 Å². The first-order valence-corrected chi connectivity index (χ1v) is 21.7. The minimum atomic E-state index is -0.874. The van der Waals surface area contributed by atoms with E-state index in [9.17, 15) is 19.5 Å². The Hall–Kier alpha value is -1.93. The fourth-order valence-corrected chi connectivity index (χ4v) is 6.50. The van der Waals surface area contributed by atoms with Crippen molar-refractivity contribution in [3.63, 3.8) is 0 Å². The van der Waals surface area contributed by atoms with Crippen LogP contribution in [0.25, 0.3) is 0 Å². The molecule has 0 saturated heterocycles. The van der Waals surface area contributed by atoms with Gasteiger partial charge in [0.1, 0.15) is 6.61 Å². The number of carbonyl (C=O) groups is 3. The van der Waals surface area contributed by atoms with E-state index in [1.807, 2.05) is 21.1 Å². The summed E-state index contributed by atoms with van der Waals surface area (Å²) in [5, 5.41) is 9.60. The number of quaternary nitrogens is 1. The number of hydrogen-bond donors (Lipinski definition) is 1. The van der Waals surface area contributed by atoms with Gasteiger partial charge in [-0.1, -0.05) is 154 Å². The zero-order chi connectivity index (χ0) is 38.5. The highest BCUT2D eigenvalue weighted by molar-refractivity contribution is 5.72. The molecule has 0 amide bonds. The number of aliphatic carboxylic acids is 1. The Morgan fingerprint density at radius 1 is 0.558 bits per heavy atom. The number of carboxylic acid groups (broad SMARTS) is 1. The minimum absolute atomic E-state index is 0.0497. The van der Waals surface area contributed by atoms with Gasteiger partial charge in [-0.25, -0.2) is 4.79 Å². The van der Waals surface area contributed by atoms with Crippen LogP contribution < -0.4 is 0 Å². The molecule has 306 valence electrons. The second kappa shape index (κ2) is 36.1. The number of nitrogens with zero attached hydrogens (tertiary/aromatic N) is 1. The molecular weight excluding hydrogens is 654 g/mol. The summed E-state index contributed by atoms with van der Waals surface area (Å²) in [6, 6.07) is -0.610. The van der Waals surface area contributed by atoms with Gasteiger partial charge in [-0.05, 0) is 38.5 Å². The third kappa shape index (κ3) is 33.9. The smallest absolute Gasteiger partial charge is 0.362 e. The molecule has 0 aliphatic heterocycles. The number of ether oxygens (including phenoxy) is 3. The quantitative estimate of drug-likeness (QED) is 0.0290. The van der Waals surface area contributed by atoms with Gasteiger partial charge in [-0.15, -0.1) is 0 Å². The molecular formula is C44H84NO7+. The Morgan fingerprint density at radius 3 is 1.38 bits per heavy atom. The maximum atomic E-state index is 12.7. The highest BCUT2D eigenvalue weighted by atomic mass is 16.6. The molecule has 8 nitrogen and oxygen atoms in total. The van der Waals surface area contributed by atoms with Gasteiger partial charge in [0.25, 0.3) is 0 Å². The normalized spacial score (nSPS) is 13.0. The van der Waals surface area contributed by atoms with Crippen LogP contribution in [-0.2, 0) is 28.6 Å². The van der Waals surface area contributed by atoms with E-state index < -0.39 is 18.1 Å². The molecule has 0 bridgehead atoms. The summed E-state index contributed by atoms with van der Waals surface area (Å²) in [7, 11) is 5.53. The third-order valence-corrected chi connectivity index (χ3v) is 9.91. The molecule has 0 saturated carbocycles. The summed E-state index contributed by atoms with van der Waals surface area (Å²) < 4.78 is 17.3. The standard InChI is InChI=1S/C44H83NO7/c1-6-8-10-12-14-16-18-20-21-22-23-25-26-28-30-32-34-42(46)51-39-40(38-50-37-36-41(44(48)49)45(3,4)5)52-43(47)35-33-31-29-27-24-19-17-15-13-11-9-7-2/h21-22,40-41H,6-20,23-39H2,1-5H3/p+1/b22-21+. The molecule has 2 unspecified atom stereocenters. The lowest BCUT2D eigenvalue weighted by Gasteiger charge is -2.31. The molecule has 0 aromatic rings. The van der Waals surface area contributed by atoms with Crippen molar-refractivity contribution >= 4 is 17.9 Å². The molecule has 0 rings (SSSR count). The van der Waals surface area contributed by atoms with Crippen molar-refractivity contribution < 1.29 is 38.2 Å². The number of likely N-dealkylation sites (N-methyl/N-ethyl adjacent to an activating group) is 1. The Morgan fingerprint density at radius 2 is 0.962 bits per heavy atom. The fraction of sp³-hybridized carbons (Fsp3) is 0.886. The number of carbonyl (C=O) groups excluding carboxylic acids is 2. The van der Waals surface area contributed by atoms with Crippen LogP contribution >= 0.6 is 0 Å². The first-order valence-electron chi connectivity index (χ1n) is 21.7. The third-order valence-electron chi connectivity index (χ3n) is 9.91. The van der Waals surface area contributed by atoms with Crippen molar-refractivity contribution in [2.45, 2.75) is 212 Å². The van der Waals surface area contributed by atoms with Crippen LogP contribution in [0.3, 0.4) is 0 Å². The molecule has 0 spiro atoms. The van der Waals surface area contributed by atoms with E-state index in [4.69, 9.17) is 14.2 Å². The zero-order valence-electron chi connectivity index (χ0n) is 34.8. The molecule has 0 aliphatic rings. The van der Waals surface area contributed by atoms with Crippen LogP contribution in [0.5, 0.6) is 0 Å². The van der Waals surface area contributed by atoms with E-state index in [0.717, 1.165) is 44.9 Å². The van der Waals surface area contributed by atoms with E-state index in [-0.39, 0.29) is 36.2 Å². The summed E-state index contributed by atoms with van der Waals surface area (Å²) in [5.74, 6) is -1.47. The number of rotatable bonds is 39. The number of unbranched alkanes of at least 4 members (excludes halogenated alkanes) is 23. The van der Waals surface area contributed by atoms with Crippen LogP contribution in [-0.4, -0.2) is 80.6 Å². The summed E-state index contributed by atoms with van der Waals surface area (Å²) >= 11 is 0. The van der Waals surface area contributed by atoms with Crippen molar-refractivity contribution in [2.75, 3.05) is 41.0 Å². The SMILES string of the molecule is CCCCCCCCC/C=C/CCCCCCCC(=O)OCC(COCCC(C(=O)O)[N+](C)(C)C)OC(=O)CCCCCCCCCCCCCC.